The summed E-state index contributed by atoms with van der Waals surface area (Å²) in [6.45, 7) is -0.756. The smallest absolute Gasteiger partial charge is 0.319 e. The van der Waals surface area contributed by atoms with Gasteiger partial charge in [0.1, 0.15) is 9.84 Å². The highest BCUT2D eigenvalue weighted by atomic mass is 79.9. The summed E-state index contributed by atoms with van der Waals surface area (Å²) < 4.78 is 133. The van der Waals surface area contributed by atoms with E-state index in [0.29, 0.717) is 4.90 Å². The van der Waals surface area contributed by atoms with Crippen molar-refractivity contribution in [2.24, 2.45) is 0 Å². The summed E-state index contributed by atoms with van der Waals surface area (Å²) >= 11 is 5.50. The first-order chi connectivity index (χ1) is 19.7. The summed E-state index contributed by atoms with van der Waals surface area (Å²) in [6.07, 6.45) is -12.1. The Bertz CT molecular complexity index is 1610. The zero-order valence-corrected chi connectivity index (χ0v) is 25.4. The molecular weight excluding hydrogens is 748 g/mol. The van der Waals surface area contributed by atoms with Gasteiger partial charge in [0.15, 0.2) is 5.82 Å². The highest BCUT2D eigenvalue weighted by molar-refractivity contribution is 9.11. The fourth-order valence-corrected chi connectivity index (χ4v) is 5.93. The molecule has 0 aliphatic rings. The lowest BCUT2D eigenvalue weighted by molar-refractivity contribution is -0.348. The first-order valence-electron chi connectivity index (χ1n) is 11.7. The molecule has 43 heavy (non-hydrogen) atoms. The second kappa shape index (κ2) is 12.5. The number of sulfone groups is 1. The molecule has 232 valence electrons. The molecule has 3 aromatic rings. The highest BCUT2D eigenvalue weighted by Crippen LogP contribution is 2.55. The molecule has 17 heteroatoms. The number of alkyl halides is 7. The van der Waals surface area contributed by atoms with Gasteiger partial charge in [-0.2, -0.15) is 26.3 Å². The molecule has 0 saturated carbocycles. The Labute approximate surface area is 256 Å². The predicted molar refractivity (Wildman–Crippen MR) is 149 cm³/mol. The molecule has 3 rings (SSSR count). The second-order valence-electron chi connectivity index (χ2n) is 9.02. The molecule has 0 fully saturated rings. The van der Waals surface area contributed by atoms with E-state index in [0.717, 1.165) is 18.4 Å². The molecule has 0 radical (unpaired) electrons. The van der Waals surface area contributed by atoms with Crippen LogP contribution in [0.2, 0.25) is 0 Å². The molecule has 0 saturated heterocycles. The molecular formula is C26H18Br2F8N2O4S. The van der Waals surface area contributed by atoms with Crippen molar-refractivity contribution < 1.29 is 53.1 Å². The first-order valence-corrected chi connectivity index (χ1v) is 15.3. The highest BCUT2D eigenvalue weighted by Gasteiger charge is 2.73. The number of nitrogens with zero attached hydrogens (tertiary/aromatic N) is 1. The number of anilines is 2. The molecule has 0 aliphatic carbocycles. The molecule has 0 heterocycles. The Kier molecular flexibility index (Phi) is 10.0. The maximum atomic E-state index is 15.5. The quantitative estimate of drug-likeness (QED) is 0.240. The van der Waals surface area contributed by atoms with Crippen LogP contribution in [0.3, 0.4) is 0 Å². The van der Waals surface area contributed by atoms with E-state index in [4.69, 9.17) is 0 Å². The largest absolute Gasteiger partial charge is 0.435 e. The lowest BCUT2D eigenvalue weighted by Crippen LogP contribution is -2.50. The SMILES string of the molecule is CS(=O)(=O)CCN(C(=O)c1cccc(NC(=O)c2ccccc2)c1F)c1c(Br)cc(C(F)(C(F)(F)F)C(F)(F)F)cc1Br. The lowest BCUT2D eigenvalue weighted by Gasteiger charge is -2.32. The Balaban J connectivity index is 2.13. The fraction of sp³-hybridized carbons (Fsp3) is 0.231. The van der Waals surface area contributed by atoms with Gasteiger partial charge >= 0.3 is 18.0 Å². The van der Waals surface area contributed by atoms with Crippen molar-refractivity contribution in [1.29, 1.82) is 0 Å². The van der Waals surface area contributed by atoms with Gasteiger partial charge in [0, 0.05) is 32.9 Å². The van der Waals surface area contributed by atoms with Gasteiger partial charge in [0.2, 0.25) is 0 Å². The van der Waals surface area contributed by atoms with E-state index in [-0.39, 0.29) is 17.7 Å². The molecule has 0 aliphatic heterocycles. The van der Waals surface area contributed by atoms with Crippen molar-refractivity contribution in [2.75, 3.05) is 28.8 Å². The van der Waals surface area contributed by atoms with Crippen LogP contribution in [-0.4, -0.2) is 51.1 Å². The Morgan fingerprint density at radius 1 is 0.860 bits per heavy atom. The maximum Gasteiger partial charge on any atom is 0.435 e. The Morgan fingerprint density at radius 3 is 1.88 bits per heavy atom. The molecule has 0 spiro atoms. The van der Waals surface area contributed by atoms with Gasteiger partial charge in [0.05, 0.1) is 22.7 Å². The van der Waals surface area contributed by atoms with Crippen molar-refractivity contribution in [3.8, 4) is 0 Å². The number of amides is 2. The van der Waals surface area contributed by atoms with Crippen LogP contribution in [0.1, 0.15) is 26.3 Å². The van der Waals surface area contributed by atoms with Gasteiger partial charge < -0.3 is 10.2 Å². The zero-order chi connectivity index (χ0) is 32.5. The van der Waals surface area contributed by atoms with E-state index in [2.05, 4.69) is 37.2 Å². The summed E-state index contributed by atoms with van der Waals surface area (Å²) in [7, 11) is -3.84. The van der Waals surface area contributed by atoms with E-state index in [1.165, 1.54) is 18.2 Å². The van der Waals surface area contributed by atoms with Gasteiger partial charge in [-0.15, -0.1) is 0 Å². The van der Waals surface area contributed by atoms with Gasteiger partial charge in [-0.25, -0.2) is 17.2 Å². The molecule has 0 bridgehead atoms. The zero-order valence-electron chi connectivity index (χ0n) is 21.5. The van der Waals surface area contributed by atoms with E-state index < -0.39 is 89.2 Å². The summed E-state index contributed by atoms with van der Waals surface area (Å²) in [5.41, 5.74) is -9.31. The average molecular weight is 766 g/mol. The number of rotatable bonds is 8. The predicted octanol–water partition coefficient (Wildman–Crippen LogP) is 7.58. The van der Waals surface area contributed by atoms with Crippen molar-refractivity contribution in [1.82, 2.24) is 0 Å². The first kappa shape index (κ1) is 34.4. The third-order valence-corrected chi connectivity index (χ3v) is 8.04. The van der Waals surface area contributed by atoms with E-state index in [1.807, 2.05) is 0 Å². The molecule has 3 aromatic carbocycles. The fourth-order valence-electron chi connectivity index (χ4n) is 3.81. The summed E-state index contributed by atoms with van der Waals surface area (Å²) in [6, 6.07) is 11.1. The monoisotopic (exact) mass is 764 g/mol. The van der Waals surface area contributed by atoms with Gasteiger partial charge in [-0.3, -0.25) is 9.59 Å². The van der Waals surface area contributed by atoms with Crippen molar-refractivity contribution in [2.45, 2.75) is 18.0 Å². The van der Waals surface area contributed by atoms with Crippen LogP contribution in [0.5, 0.6) is 0 Å². The van der Waals surface area contributed by atoms with E-state index in [9.17, 15) is 48.7 Å². The van der Waals surface area contributed by atoms with Crippen molar-refractivity contribution in [3.05, 3.63) is 92.1 Å². The maximum absolute atomic E-state index is 15.5. The lowest BCUT2D eigenvalue weighted by atomic mass is 9.94. The minimum atomic E-state index is -6.44. The summed E-state index contributed by atoms with van der Waals surface area (Å²) in [5, 5.41) is 2.28. The molecule has 2 amide bonds. The van der Waals surface area contributed by atoms with Gasteiger partial charge in [-0.1, -0.05) is 24.3 Å². The number of nitrogens with one attached hydrogen (secondary N) is 1. The number of benzene rings is 3. The number of hydrogen-bond donors (Lipinski definition) is 1. The topological polar surface area (TPSA) is 83.6 Å². The standard InChI is InChI=1S/C26H18Br2F8N2O4S/c1-43(41,42)11-10-38(21-17(27)12-15(13-18(21)28)24(30,25(31,32)33)26(34,35)36)23(40)16-8-5-9-19(20(16)29)37-22(39)14-6-3-2-4-7-14/h2-9,12-13H,10-11H2,1H3,(H,37,39). The van der Waals surface area contributed by atoms with Crippen molar-refractivity contribution >= 4 is 64.9 Å². The van der Waals surface area contributed by atoms with Crippen LogP contribution in [-0.2, 0) is 15.5 Å². The third kappa shape index (κ3) is 7.37. The number of hydrogen-bond acceptors (Lipinski definition) is 4. The normalized spacial score (nSPS) is 12.6. The van der Waals surface area contributed by atoms with Gasteiger partial charge in [-0.05, 0) is 68.3 Å². The van der Waals surface area contributed by atoms with Crippen LogP contribution >= 0.6 is 31.9 Å². The van der Waals surface area contributed by atoms with Crippen LogP contribution in [0.4, 0.5) is 46.5 Å². The molecule has 0 atom stereocenters. The second-order valence-corrected chi connectivity index (χ2v) is 13.0. The molecule has 0 unspecified atom stereocenters. The number of carbonyl (C=O) groups is 2. The summed E-state index contributed by atoms with van der Waals surface area (Å²) in [5.74, 6) is -4.09. The number of halogens is 10. The average Bonchev–Trinajstić information content (AvgIpc) is 2.89. The Hall–Kier alpha value is -3.05. The minimum Gasteiger partial charge on any atom is -0.319 e. The molecule has 0 aromatic heterocycles. The summed E-state index contributed by atoms with van der Waals surface area (Å²) in [4.78, 5) is 26.7. The van der Waals surface area contributed by atoms with Crippen LogP contribution in [0.25, 0.3) is 0 Å². The van der Waals surface area contributed by atoms with Crippen LogP contribution in [0.15, 0.2) is 69.6 Å². The van der Waals surface area contributed by atoms with Crippen LogP contribution < -0.4 is 10.2 Å². The van der Waals surface area contributed by atoms with Gasteiger partial charge in [0.25, 0.3) is 11.8 Å². The third-order valence-electron chi connectivity index (χ3n) is 5.91. The Morgan fingerprint density at radius 2 is 1.40 bits per heavy atom. The van der Waals surface area contributed by atoms with Crippen LogP contribution in [0, 0.1) is 5.82 Å². The van der Waals surface area contributed by atoms with Crippen molar-refractivity contribution in [3.63, 3.8) is 0 Å². The number of carbonyl (C=O) groups excluding carboxylic acids is 2. The van der Waals surface area contributed by atoms with E-state index in [1.54, 1.807) is 18.2 Å². The van der Waals surface area contributed by atoms with E-state index >= 15 is 4.39 Å². The minimum absolute atomic E-state index is 0.134. The molecule has 1 N–H and O–H groups in total. The molecule has 6 nitrogen and oxygen atoms in total.